The van der Waals surface area contributed by atoms with Crippen LogP contribution in [0, 0.1) is 0 Å². The molecule has 0 unspecified atom stereocenters. The van der Waals surface area contributed by atoms with E-state index < -0.39 is 0 Å². The van der Waals surface area contributed by atoms with Crippen LogP contribution < -0.4 is 5.69 Å². The van der Waals surface area contributed by atoms with E-state index in [1.807, 2.05) is 35.2 Å². The minimum Gasteiger partial charge on any atom is -0.341 e. The van der Waals surface area contributed by atoms with Crippen LogP contribution in [0.25, 0.3) is 11.3 Å². The van der Waals surface area contributed by atoms with Crippen molar-refractivity contribution in [2.45, 2.75) is 32.2 Å². The Balaban J connectivity index is 1.73. The highest BCUT2D eigenvalue weighted by molar-refractivity contribution is 5.76. The summed E-state index contributed by atoms with van der Waals surface area (Å²) in [6, 6.07) is 11.3. The molecule has 5 nitrogen and oxygen atoms in total. The third-order valence-electron chi connectivity index (χ3n) is 4.21. The van der Waals surface area contributed by atoms with Crippen LogP contribution in [0.2, 0.25) is 0 Å². The van der Waals surface area contributed by atoms with Gasteiger partial charge in [0.25, 0.3) is 0 Å². The lowest BCUT2D eigenvalue weighted by Crippen LogP contribution is -2.37. The van der Waals surface area contributed by atoms with E-state index in [9.17, 15) is 9.59 Å². The monoisotopic (exact) mass is 311 g/mol. The highest BCUT2D eigenvalue weighted by atomic mass is 16.2. The van der Waals surface area contributed by atoms with Crippen LogP contribution in [0.3, 0.4) is 0 Å². The smallest absolute Gasteiger partial charge is 0.341 e. The van der Waals surface area contributed by atoms with Crippen LogP contribution in [0.15, 0.2) is 47.4 Å². The first-order valence-corrected chi connectivity index (χ1v) is 8.15. The first kappa shape index (κ1) is 15.5. The Hall–Kier alpha value is -2.43. The summed E-state index contributed by atoms with van der Waals surface area (Å²) >= 11 is 0. The second-order valence-electron chi connectivity index (χ2n) is 5.88. The molecule has 0 bridgehead atoms. The minimum atomic E-state index is -0.380. The lowest BCUT2D eigenvalue weighted by atomic mass is 10.1. The van der Waals surface area contributed by atoms with Crippen molar-refractivity contribution in [3.63, 3.8) is 0 Å². The van der Waals surface area contributed by atoms with Gasteiger partial charge in [0.1, 0.15) is 6.54 Å². The van der Waals surface area contributed by atoms with E-state index in [4.69, 9.17) is 0 Å². The molecule has 1 aromatic carbocycles. The molecule has 120 valence electrons. The molecule has 0 N–H and O–H groups in total. The van der Waals surface area contributed by atoms with Gasteiger partial charge in [-0.2, -0.15) is 4.98 Å². The summed E-state index contributed by atoms with van der Waals surface area (Å²) in [4.78, 5) is 30.5. The van der Waals surface area contributed by atoms with Crippen molar-refractivity contribution in [1.29, 1.82) is 0 Å². The molecule has 1 fully saturated rings. The van der Waals surface area contributed by atoms with Crippen molar-refractivity contribution in [3.05, 3.63) is 53.1 Å². The summed E-state index contributed by atoms with van der Waals surface area (Å²) < 4.78 is 1.39. The molecular weight excluding hydrogens is 290 g/mol. The van der Waals surface area contributed by atoms with Crippen LogP contribution >= 0.6 is 0 Å². The zero-order chi connectivity index (χ0) is 16.1. The Labute approximate surface area is 135 Å². The van der Waals surface area contributed by atoms with Crippen LogP contribution in [0.1, 0.15) is 25.7 Å². The van der Waals surface area contributed by atoms with Crippen molar-refractivity contribution < 1.29 is 4.79 Å². The maximum Gasteiger partial charge on any atom is 0.348 e. The number of carbonyl (C=O) groups excluding carboxylic acids is 1. The van der Waals surface area contributed by atoms with Gasteiger partial charge in [0.05, 0.1) is 5.69 Å². The second-order valence-corrected chi connectivity index (χ2v) is 5.88. The molecule has 0 aliphatic carbocycles. The number of benzene rings is 1. The Kier molecular flexibility index (Phi) is 4.86. The fourth-order valence-corrected chi connectivity index (χ4v) is 2.88. The van der Waals surface area contributed by atoms with E-state index in [1.165, 1.54) is 17.4 Å². The predicted octanol–water partition coefficient (Wildman–Crippen LogP) is 2.31. The van der Waals surface area contributed by atoms with Crippen molar-refractivity contribution in [3.8, 4) is 11.3 Å². The van der Waals surface area contributed by atoms with Gasteiger partial charge < -0.3 is 4.90 Å². The highest BCUT2D eigenvalue weighted by Gasteiger charge is 2.16. The maximum absolute atomic E-state index is 12.4. The Morgan fingerprint density at radius 1 is 1.00 bits per heavy atom. The van der Waals surface area contributed by atoms with Gasteiger partial charge in [-0.3, -0.25) is 9.36 Å². The van der Waals surface area contributed by atoms with Gasteiger partial charge in [-0.15, -0.1) is 0 Å². The van der Waals surface area contributed by atoms with Gasteiger partial charge in [-0.05, 0) is 18.9 Å². The first-order chi connectivity index (χ1) is 11.2. The summed E-state index contributed by atoms with van der Waals surface area (Å²) in [5, 5.41) is 0. The number of nitrogens with zero attached hydrogens (tertiary/aromatic N) is 3. The van der Waals surface area contributed by atoms with E-state index in [-0.39, 0.29) is 18.1 Å². The minimum absolute atomic E-state index is 0.00302. The zero-order valence-corrected chi connectivity index (χ0v) is 13.1. The first-order valence-electron chi connectivity index (χ1n) is 8.15. The molecule has 2 aromatic rings. The highest BCUT2D eigenvalue weighted by Crippen LogP contribution is 2.14. The molecule has 0 saturated carbocycles. The number of aromatic nitrogens is 2. The quantitative estimate of drug-likeness (QED) is 0.874. The number of amides is 1. The average Bonchev–Trinajstić information content (AvgIpc) is 2.87. The SMILES string of the molecule is O=C(Cn1ccc(-c2ccccc2)nc1=O)N1CCCCCC1. The van der Waals surface area contributed by atoms with E-state index in [2.05, 4.69) is 4.98 Å². The Bertz CT molecular complexity index is 717. The topological polar surface area (TPSA) is 55.2 Å². The van der Waals surface area contributed by atoms with E-state index in [0.717, 1.165) is 31.5 Å². The van der Waals surface area contributed by atoms with Crippen molar-refractivity contribution >= 4 is 5.91 Å². The number of rotatable bonds is 3. The van der Waals surface area contributed by atoms with Crippen LogP contribution in [0.5, 0.6) is 0 Å². The number of likely N-dealkylation sites (tertiary alicyclic amines) is 1. The fraction of sp³-hybridized carbons (Fsp3) is 0.389. The third-order valence-corrected chi connectivity index (χ3v) is 4.21. The second kappa shape index (κ2) is 7.22. The van der Waals surface area contributed by atoms with Gasteiger partial charge >= 0.3 is 5.69 Å². The van der Waals surface area contributed by atoms with Gasteiger partial charge in [-0.25, -0.2) is 4.79 Å². The lowest BCUT2D eigenvalue weighted by Gasteiger charge is -2.20. The van der Waals surface area contributed by atoms with E-state index >= 15 is 0 Å². The molecule has 1 aliphatic heterocycles. The Morgan fingerprint density at radius 3 is 2.35 bits per heavy atom. The van der Waals surface area contributed by atoms with Crippen molar-refractivity contribution in [2.75, 3.05) is 13.1 Å². The molecule has 5 heteroatoms. The molecule has 2 heterocycles. The van der Waals surface area contributed by atoms with E-state index in [1.54, 1.807) is 12.3 Å². The standard InChI is InChI=1S/C18H21N3O2/c22-17(20-11-6-1-2-7-12-20)14-21-13-10-16(19-18(21)23)15-8-4-3-5-9-15/h3-5,8-10,13H,1-2,6-7,11-12,14H2. The molecular formula is C18H21N3O2. The third kappa shape index (κ3) is 3.86. The molecule has 0 atom stereocenters. The van der Waals surface area contributed by atoms with Gasteiger partial charge in [0.15, 0.2) is 0 Å². The normalized spacial score (nSPS) is 15.2. The average molecular weight is 311 g/mol. The van der Waals surface area contributed by atoms with Gasteiger partial charge in [0.2, 0.25) is 5.91 Å². The van der Waals surface area contributed by atoms with Crippen molar-refractivity contribution in [2.24, 2.45) is 0 Å². The lowest BCUT2D eigenvalue weighted by molar-refractivity contribution is -0.131. The number of carbonyl (C=O) groups is 1. The van der Waals surface area contributed by atoms with Crippen LogP contribution in [0.4, 0.5) is 0 Å². The zero-order valence-electron chi connectivity index (χ0n) is 13.1. The summed E-state index contributed by atoms with van der Waals surface area (Å²) in [5.41, 5.74) is 1.15. The van der Waals surface area contributed by atoms with Crippen molar-refractivity contribution in [1.82, 2.24) is 14.5 Å². The van der Waals surface area contributed by atoms with Gasteiger partial charge in [-0.1, -0.05) is 43.2 Å². The molecule has 0 spiro atoms. The van der Waals surface area contributed by atoms with Gasteiger partial charge in [0, 0.05) is 24.8 Å². The number of hydrogen-bond acceptors (Lipinski definition) is 3. The summed E-state index contributed by atoms with van der Waals surface area (Å²) in [6.45, 7) is 1.66. The molecule has 23 heavy (non-hydrogen) atoms. The summed E-state index contributed by atoms with van der Waals surface area (Å²) in [5.74, 6) is 0.00302. The van der Waals surface area contributed by atoms with Crippen LogP contribution in [-0.2, 0) is 11.3 Å². The molecule has 1 aliphatic rings. The molecule has 0 radical (unpaired) electrons. The van der Waals surface area contributed by atoms with E-state index in [0.29, 0.717) is 5.69 Å². The predicted molar refractivity (Wildman–Crippen MR) is 89.0 cm³/mol. The molecule has 1 aromatic heterocycles. The Morgan fingerprint density at radius 2 is 1.70 bits per heavy atom. The summed E-state index contributed by atoms with van der Waals surface area (Å²) in [7, 11) is 0. The van der Waals surface area contributed by atoms with Crippen LogP contribution in [-0.4, -0.2) is 33.4 Å². The molecule has 1 saturated heterocycles. The largest absolute Gasteiger partial charge is 0.348 e. The summed E-state index contributed by atoms with van der Waals surface area (Å²) in [6.07, 6.45) is 6.11. The fourth-order valence-electron chi connectivity index (χ4n) is 2.88. The molecule has 3 rings (SSSR count). The number of hydrogen-bond donors (Lipinski definition) is 0. The molecule has 1 amide bonds. The maximum atomic E-state index is 12.4.